The third kappa shape index (κ3) is 2.53. The van der Waals surface area contributed by atoms with Crippen molar-refractivity contribution in [2.75, 3.05) is 0 Å². The second-order valence-corrected chi connectivity index (χ2v) is 4.88. The van der Waals surface area contributed by atoms with Crippen LogP contribution in [0.2, 0.25) is 5.02 Å². The lowest BCUT2D eigenvalue weighted by atomic mass is 10.0. The Morgan fingerprint density at radius 2 is 1.95 bits per heavy atom. The van der Waals surface area contributed by atoms with Gasteiger partial charge in [-0.25, -0.2) is 0 Å². The van der Waals surface area contributed by atoms with E-state index in [1.165, 1.54) is 0 Å². The van der Waals surface area contributed by atoms with E-state index >= 15 is 0 Å². The number of nitrogens with zero attached hydrogens (tertiary/aromatic N) is 2. The van der Waals surface area contributed by atoms with Crippen LogP contribution in [0.1, 0.15) is 16.1 Å². The fourth-order valence-corrected chi connectivity index (χ4v) is 2.29. The predicted octanol–water partition coefficient (Wildman–Crippen LogP) is 3.71. The minimum atomic E-state index is -0.00644. The summed E-state index contributed by atoms with van der Waals surface area (Å²) in [5, 5.41) is 1.58. The largest absolute Gasteiger partial charge is 0.292 e. The molecule has 4 heteroatoms. The number of carbonyl (C=O) groups excluding carboxylic acids is 1. The van der Waals surface area contributed by atoms with Crippen LogP contribution in [0, 0.1) is 0 Å². The molecule has 0 bridgehead atoms. The molecule has 3 rings (SSSR count). The summed E-state index contributed by atoms with van der Waals surface area (Å²) in [6, 6.07) is 12.7. The highest BCUT2D eigenvalue weighted by Gasteiger charge is 2.10. The Labute approximate surface area is 121 Å². The van der Waals surface area contributed by atoms with Crippen molar-refractivity contribution in [3.05, 3.63) is 71.1 Å². The van der Waals surface area contributed by atoms with Gasteiger partial charge in [0.2, 0.25) is 0 Å². The molecule has 0 amide bonds. The van der Waals surface area contributed by atoms with Gasteiger partial charge in [0.25, 0.3) is 0 Å². The first-order valence-corrected chi connectivity index (χ1v) is 6.59. The summed E-state index contributed by atoms with van der Waals surface area (Å²) in [5.41, 5.74) is 2.21. The molecule has 3 aromatic rings. The molecule has 98 valence electrons. The molecule has 1 aromatic carbocycles. The summed E-state index contributed by atoms with van der Waals surface area (Å²) in [5.74, 6) is -0.00644. The summed E-state index contributed by atoms with van der Waals surface area (Å²) in [6.07, 6.45) is 3.62. The van der Waals surface area contributed by atoms with E-state index in [4.69, 9.17) is 11.6 Å². The molecular weight excluding hydrogens is 272 g/mol. The van der Waals surface area contributed by atoms with E-state index in [0.29, 0.717) is 17.1 Å². The zero-order valence-electron chi connectivity index (χ0n) is 10.6. The lowest BCUT2D eigenvalue weighted by Gasteiger charge is -2.05. The van der Waals surface area contributed by atoms with Crippen molar-refractivity contribution < 1.29 is 4.79 Å². The molecule has 20 heavy (non-hydrogen) atoms. The smallest absolute Gasteiger partial charge is 0.185 e. The number of hydrogen-bond donors (Lipinski definition) is 0. The number of rotatable bonds is 3. The van der Waals surface area contributed by atoms with Crippen molar-refractivity contribution in [2.24, 2.45) is 0 Å². The molecule has 0 fully saturated rings. The first kappa shape index (κ1) is 12.8. The molecule has 2 aromatic heterocycles. The van der Waals surface area contributed by atoms with Gasteiger partial charge in [-0.15, -0.1) is 0 Å². The highest BCUT2D eigenvalue weighted by atomic mass is 35.5. The molecule has 3 nitrogen and oxygen atoms in total. The van der Waals surface area contributed by atoms with E-state index in [2.05, 4.69) is 9.97 Å². The average molecular weight is 283 g/mol. The summed E-state index contributed by atoms with van der Waals surface area (Å²) in [4.78, 5) is 20.6. The van der Waals surface area contributed by atoms with Gasteiger partial charge in [0.1, 0.15) is 5.69 Å². The van der Waals surface area contributed by atoms with Gasteiger partial charge in [0, 0.05) is 29.2 Å². The van der Waals surface area contributed by atoms with Crippen LogP contribution in [-0.4, -0.2) is 15.8 Å². The van der Waals surface area contributed by atoms with Crippen LogP contribution < -0.4 is 0 Å². The Morgan fingerprint density at radius 3 is 2.75 bits per heavy atom. The number of ketones is 1. The standard InChI is InChI=1S/C16H11ClN2O/c17-12-4-5-13-11(6-8-19-15(13)10-12)9-16(20)14-3-1-2-7-18-14/h1-8,10H,9H2. The van der Waals surface area contributed by atoms with Crippen LogP contribution in [-0.2, 0) is 6.42 Å². The lowest BCUT2D eigenvalue weighted by Crippen LogP contribution is -2.06. The molecule has 0 aliphatic heterocycles. The summed E-state index contributed by atoms with van der Waals surface area (Å²) < 4.78 is 0. The fourth-order valence-electron chi connectivity index (χ4n) is 2.13. The van der Waals surface area contributed by atoms with E-state index in [0.717, 1.165) is 16.5 Å². The van der Waals surface area contributed by atoms with Gasteiger partial charge in [-0.05, 0) is 35.9 Å². The number of Topliss-reactive ketones (excluding diaryl/α,β-unsaturated/α-hetero) is 1. The van der Waals surface area contributed by atoms with Crippen molar-refractivity contribution in [2.45, 2.75) is 6.42 Å². The zero-order chi connectivity index (χ0) is 13.9. The van der Waals surface area contributed by atoms with Crippen LogP contribution in [0.3, 0.4) is 0 Å². The minimum absolute atomic E-state index is 0.00644. The highest BCUT2D eigenvalue weighted by Crippen LogP contribution is 2.21. The Morgan fingerprint density at radius 1 is 1.05 bits per heavy atom. The topological polar surface area (TPSA) is 42.9 Å². The van der Waals surface area contributed by atoms with Crippen molar-refractivity contribution in [3.63, 3.8) is 0 Å². The van der Waals surface area contributed by atoms with E-state index in [9.17, 15) is 4.79 Å². The summed E-state index contributed by atoms with van der Waals surface area (Å²) in [7, 11) is 0. The molecule has 0 aliphatic rings. The molecule has 0 N–H and O–H groups in total. The third-order valence-corrected chi connectivity index (χ3v) is 3.33. The van der Waals surface area contributed by atoms with Gasteiger partial charge in [0.05, 0.1) is 5.52 Å². The van der Waals surface area contributed by atoms with Gasteiger partial charge in [-0.2, -0.15) is 0 Å². The molecule has 0 atom stereocenters. The summed E-state index contributed by atoms with van der Waals surface area (Å²) in [6.45, 7) is 0. The fraction of sp³-hybridized carbons (Fsp3) is 0.0625. The second-order valence-electron chi connectivity index (χ2n) is 4.45. The van der Waals surface area contributed by atoms with Gasteiger partial charge in [0.15, 0.2) is 5.78 Å². The van der Waals surface area contributed by atoms with E-state index < -0.39 is 0 Å². The normalized spacial score (nSPS) is 10.7. The summed E-state index contributed by atoms with van der Waals surface area (Å²) >= 11 is 5.96. The van der Waals surface area contributed by atoms with Gasteiger partial charge >= 0.3 is 0 Å². The first-order valence-electron chi connectivity index (χ1n) is 6.21. The molecule has 0 aliphatic carbocycles. The minimum Gasteiger partial charge on any atom is -0.292 e. The number of aromatic nitrogens is 2. The van der Waals surface area contributed by atoms with E-state index in [1.54, 1.807) is 36.7 Å². The molecular formula is C16H11ClN2O. The van der Waals surface area contributed by atoms with Crippen molar-refractivity contribution in [1.29, 1.82) is 0 Å². The number of benzene rings is 1. The predicted molar refractivity (Wildman–Crippen MR) is 79.0 cm³/mol. The number of carbonyl (C=O) groups is 1. The van der Waals surface area contributed by atoms with Crippen LogP contribution in [0.4, 0.5) is 0 Å². The maximum Gasteiger partial charge on any atom is 0.185 e. The van der Waals surface area contributed by atoms with Crippen LogP contribution in [0.15, 0.2) is 54.9 Å². The van der Waals surface area contributed by atoms with E-state index in [-0.39, 0.29) is 5.78 Å². The Balaban J connectivity index is 1.97. The van der Waals surface area contributed by atoms with Crippen LogP contribution >= 0.6 is 11.6 Å². The van der Waals surface area contributed by atoms with Crippen molar-refractivity contribution in [3.8, 4) is 0 Å². The zero-order valence-corrected chi connectivity index (χ0v) is 11.3. The van der Waals surface area contributed by atoms with Gasteiger partial charge < -0.3 is 0 Å². The molecule has 0 saturated heterocycles. The SMILES string of the molecule is O=C(Cc1ccnc2cc(Cl)ccc12)c1ccccn1. The maximum absolute atomic E-state index is 12.2. The van der Waals surface area contributed by atoms with E-state index in [1.807, 2.05) is 18.2 Å². The third-order valence-electron chi connectivity index (χ3n) is 3.10. The van der Waals surface area contributed by atoms with Crippen molar-refractivity contribution in [1.82, 2.24) is 9.97 Å². The lowest BCUT2D eigenvalue weighted by molar-refractivity contribution is 0.0988. The Hall–Kier alpha value is -2.26. The van der Waals surface area contributed by atoms with Gasteiger partial charge in [-0.3, -0.25) is 14.8 Å². The number of fused-ring (bicyclic) bond motifs is 1. The molecule has 0 radical (unpaired) electrons. The molecule has 2 heterocycles. The maximum atomic E-state index is 12.2. The van der Waals surface area contributed by atoms with Crippen LogP contribution in [0.5, 0.6) is 0 Å². The molecule has 0 saturated carbocycles. The average Bonchev–Trinajstić information content (AvgIpc) is 2.48. The van der Waals surface area contributed by atoms with Crippen LogP contribution in [0.25, 0.3) is 10.9 Å². The molecule has 0 spiro atoms. The number of hydrogen-bond acceptors (Lipinski definition) is 3. The van der Waals surface area contributed by atoms with Gasteiger partial charge in [-0.1, -0.05) is 23.7 Å². The second kappa shape index (κ2) is 5.39. The highest BCUT2D eigenvalue weighted by molar-refractivity contribution is 6.31. The number of halogens is 1. The monoisotopic (exact) mass is 282 g/mol. The number of pyridine rings is 2. The Kier molecular flexibility index (Phi) is 3.44. The first-order chi connectivity index (χ1) is 9.74. The quantitative estimate of drug-likeness (QED) is 0.688. The Bertz CT molecular complexity index is 772. The molecule has 0 unspecified atom stereocenters. The van der Waals surface area contributed by atoms with Crippen molar-refractivity contribution >= 4 is 28.3 Å².